The lowest BCUT2D eigenvalue weighted by Crippen LogP contribution is -2.46. The first-order valence-corrected chi connectivity index (χ1v) is 8.25. The van der Waals surface area contributed by atoms with E-state index < -0.39 is 11.6 Å². The molecule has 2 rings (SSSR count). The number of carbonyl (C=O) groups excluding carboxylic acids is 1. The summed E-state index contributed by atoms with van der Waals surface area (Å²) in [6.45, 7) is 6.56. The molecule has 7 nitrogen and oxygen atoms in total. The number of carboxylic acids is 1. The van der Waals surface area contributed by atoms with Gasteiger partial charge in [0, 0.05) is 12.6 Å². The third-order valence-electron chi connectivity index (χ3n) is 3.74. The monoisotopic (exact) mass is 351 g/mol. The molecule has 1 aromatic rings. The number of methoxy groups -OCH3 is 1. The predicted octanol–water partition coefficient (Wildman–Crippen LogP) is 3.17. The van der Waals surface area contributed by atoms with Gasteiger partial charge in [0.05, 0.1) is 13.7 Å². The largest absolute Gasteiger partial charge is 0.496 e. The summed E-state index contributed by atoms with van der Waals surface area (Å²) in [4.78, 5) is 25.0. The highest BCUT2D eigenvalue weighted by atomic mass is 16.6. The third kappa shape index (κ3) is 5.27. The number of hydrogen-bond donors (Lipinski definition) is 1. The molecule has 0 aromatic heterocycles. The van der Waals surface area contributed by atoms with E-state index in [1.54, 1.807) is 17.0 Å². The van der Waals surface area contributed by atoms with Crippen LogP contribution in [0.3, 0.4) is 0 Å². The smallest absolute Gasteiger partial charge is 0.410 e. The van der Waals surface area contributed by atoms with E-state index in [1.807, 2.05) is 20.8 Å². The van der Waals surface area contributed by atoms with Gasteiger partial charge in [0.2, 0.25) is 0 Å². The predicted molar refractivity (Wildman–Crippen MR) is 91.4 cm³/mol. The average Bonchev–Trinajstić information content (AvgIpc) is 2.53. The van der Waals surface area contributed by atoms with Crippen molar-refractivity contribution < 1.29 is 28.9 Å². The zero-order valence-corrected chi connectivity index (χ0v) is 15.1. The van der Waals surface area contributed by atoms with Gasteiger partial charge in [-0.2, -0.15) is 0 Å². The zero-order chi connectivity index (χ0) is 18.6. The van der Waals surface area contributed by atoms with Crippen LogP contribution >= 0.6 is 0 Å². The number of nitrogens with zero attached hydrogens (tertiary/aromatic N) is 1. The molecule has 1 atom stereocenters. The number of benzene rings is 1. The molecule has 1 aliphatic heterocycles. The molecule has 0 saturated carbocycles. The number of aromatic carboxylic acids is 1. The van der Waals surface area contributed by atoms with Crippen molar-refractivity contribution in [1.29, 1.82) is 0 Å². The first-order chi connectivity index (χ1) is 11.7. The lowest BCUT2D eigenvalue weighted by Gasteiger charge is -2.34. The molecule has 1 aromatic carbocycles. The van der Waals surface area contributed by atoms with Crippen LogP contribution in [-0.4, -0.2) is 54.0 Å². The fraction of sp³-hybridized carbons (Fsp3) is 0.556. The molecule has 0 radical (unpaired) electrons. The van der Waals surface area contributed by atoms with Gasteiger partial charge in [-0.25, -0.2) is 9.59 Å². The van der Waals surface area contributed by atoms with Crippen molar-refractivity contribution in [3.8, 4) is 11.5 Å². The van der Waals surface area contributed by atoms with Crippen LogP contribution in [0, 0.1) is 0 Å². The number of piperidine rings is 1. The molecule has 0 aliphatic carbocycles. The van der Waals surface area contributed by atoms with Crippen molar-refractivity contribution in [1.82, 2.24) is 4.90 Å². The number of likely N-dealkylation sites (tertiary alicyclic amines) is 1. The van der Waals surface area contributed by atoms with E-state index in [2.05, 4.69) is 0 Å². The van der Waals surface area contributed by atoms with Gasteiger partial charge in [0.25, 0.3) is 0 Å². The fourth-order valence-corrected chi connectivity index (χ4v) is 2.64. The maximum Gasteiger partial charge on any atom is 0.410 e. The molecule has 0 spiro atoms. The molecule has 1 saturated heterocycles. The lowest BCUT2D eigenvalue weighted by molar-refractivity contribution is 0.00770. The Morgan fingerprint density at radius 2 is 2.00 bits per heavy atom. The van der Waals surface area contributed by atoms with Gasteiger partial charge in [0.15, 0.2) is 0 Å². The summed E-state index contributed by atoms with van der Waals surface area (Å²) >= 11 is 0. The minimum atomic E-state index is -1.06. The molecular weight excluding hydrogens is 326 g/mol. The Labute approximate surface area is 147 Å². The highest BCUT2D eigenvalue weighted by Gasteiger charge is 2.28. The third-order valence-corrected chi connectivity index (χ3v) is 3.74. The summed E-state index contributed by atoms with van der Waals surface area (Å²) in [6.07, 6.45) is 1.09. The molecule has 0 bridgehead atoms. The van der Waals surface area contributed by atoms with Crippen LogP contribution in [0.2, 0.25) is 0 Å². The van der Waals surface area contributed by atoms with Crippen LogP contribution in [0.1, 0.15) is 44.0 Å². The van der Waals surface area contributed by atoms with Gasteiger partial charge in [-0.05, 0) is 45.7 Å². The summed E-state index contributed by atoms with van der Waals surface area (Å²) in [6, 6.07) is 4.60. The first-order valence-electron chi connectivity index (χ1n) is 8.25. The van der Waals surface area contributed by atoms with Gasteiger partial charge in [-0.15, -0.1) is 0 Å². The van der Waals surface area contributed by atoms with Crippen LogP contribution < -0.4 is 9.47 Å². The number of carbonyl (C=O) groups is 2. The number of carboxylic acid groups (broad SMARTS) is 1. The molecule has 25 heavy (non-hydrogen) atoms. The van der Waals surface area contributed by atoms with Gasteiger partial charge < -0.3 is 24.2 Å². The first kappa shape index (κ1) is 18.9. The maximum absolute atomic E-state index is 12.2. The number of amides is 1. The number of ether oxygens (including phenoxy) is 3. The van der Waals surface area contributed by atoms with E-state index in [-0.39, 0.29) is 23.5 Å². The van der Waals surface area contributed by atoms with Gasteiger partial charge in [0.1, 0.15) is 28.8 Å². The highest BCUT2D eigenvalue weighted by Crippen LogP contribution is 2.27. The Hall–Kier alpha value is -2.44. The van der Waals surface area contributed by atoms with Crippen LogP contribution in [0.5, 0.6) is 11.5 Å². The van der Waals surface area contributed by atoms with Crippen molar-refractivity contribution >= 4 is 12.1 Å². The fourth-order valence-electron chi connectivity index (χ4n) is 2.64. The van der Waals surface area contributed by atoms with Crippen LogP contribution in [0.25, 0.3) is 0 Å². The summed E-state index contributed by atoms with van der Waals surface area (Å²) in [7, 11) is 1.41. The Kier molecular flexibility index (Phi) is 5.77. The van der Waals surface area contributed by atoms with E-state index in [4.69, 9.17) is 19.3 Å². The Balaban J connectivity index is 2.03. The molecular formula is C18H25NO6. The standard InChI is InChI=1S/C18H25NO6/c1-18(2,3)25-17(22)19-9-5-6-13(11-19)24-12-7-8-14(16(20)21)15(10-12)23-4/h7-8,10,13H,5-6,9,11H2,1-4H3,(H,20,21). The second kappa shape index (κ2) is 7.63. The van der Waals surface area contributed by atoms with Crippen LogP contribution in [-0.2, 0) is 4.74 Å². The van der Waals surface area contributed by atoms with Crippen molar-refractivity contribution in [2.45, 2.75) is 45.3 Å². The molecule has 7 heteroatoms. The molecule has 1 aliphatic rings. The van der Waals surface area contributed by atoms with Gasteiger partial charge in [-0.1, -0.05) is 0 Å². The van der Waals surface area contributed by atoms with E-state index >= 15 is 0 Å². The summed E-state index contributed by atoms with van der Waals surface area (Å²) < 4.78 is 16.4. The summed E-state index contributed by atoms with van der Waals surface area (Å²) in [5.74, 6) is -0.306. The lowest BCUT2D eigenvalue weighted by atomic mass is 10.1. The van der Waals surface area contributed by atoms with Gasteiger partial charge in [-0.3, -0.25) is 0 Å². The maximum atomic E-state index is 12.2. The Bertz CT molecular complexity index is 637. The van der Waals surface area contributed by atoms with Crippen LogP contribution in [0.15, 0.2) is 18.2 Å². The molecule has 1 amide bonds. The molecule has 1 unspecified atom stereocenters. The Morgan fingerprint density at radius 3 is 2.60 bits per heavy atom. The molecule has 138 valence electrons. The minimum absolute atomic E-state index is 0.0777. The molecule has 1 N–H and O–H groups in total. The topological polar surface area (TPSA) is 85.3 Å². The van der Waals surface area contributed by atoms with Crippen molar-refractivity contribution in [2.75, 3.05) is 20.2 Å². The summed E-state index contributed by atoms with van der Waals surface area (Å²) in [5, 5.41) is 9.12. The average molecular weight is 351 g/mol. The second-order valence-electron chi connectivity index (χ2n) is 6.98. The quantitative estimate of drug-likeness (QED) is 0.897. The van der Waals surface area contributed by atoms with E-state index in [0.29, 0.717) is 18.8 Å². The number of rotatable bonds is 4. The highest BCUT2D eigenvalue weighted by molar-refractivity contribution is 5.91. The van der Waals surface area contributed by atoms with Crippen LogP contribution in [0.4, 0.5) is 4.79 Å². The molecule has 1 fully saturated rings. The second-order valence-corrected chi connectivity index (χ2v) is 6.98. The van der Waals surface area contributed by atoms with E-state index in [1.165, 1.54) is 13.2 Å². The molecule has 1 heterocycles. The SMILES string of the molecule is COc1cc(OC2CCCN(C(=O)OC(C)(C)C)C2)ccc1C(=O)O. The van der Waals surface area contributed by atoms with Crippen molar-refractivity contribution in [2.24, 2.45) is 0 Å². The van der Waals surface area contributed by atoms with E-state index in [9.17, 15) is 9.59 Å². The Morgan fingerprint density at radius 1 is 1.28 bits per heavy atom. The van der Waals surface area contributed by atoms with Crippen molar-refractivity contribution in [3.63, 3.8) is 0 Å². The number of hydrogen-bond acceptors (Lipinski definition) is 5. The zero-order valence-electron chi connectivity index (χ0n) is 15.1. The minimum Gasteiger partial charge on any atom is -0.496 e. The van der Waals surface area contributed by atoms with E-state index in [0.717, 1.165) is 12.8 Å². The normalized spacial score (nSPS) is 17.8. The summed E-state index contributed by atoms with van der Waals surface area (Å²) in [5.41, 5.74) is -0.459. The van der Waals surface area contributed by atoms with Gasteiger partial charge >= 0.3 is 12.1 Å². The van der Waals surface area contributed by atoms with Crippen molar-refractivity contribution in [3.05, 3.63) is 23.8 Å².